The molecule has 102 valence electrons. The molecule has 0 radical (unpaired) electrons. The Labute approximate surface area is 104 Å². The van der Waals surface area contributed by atoms with Crippen LogP contribution in [0.15, 0.2) is 0 Å². The number of carboxylic acid groups (broad SMARTS) is 1. The van der Waals surface area contributed by atoms with E-state index in [1.807, 2.05) is 0 Å². The summed E-state index contributed by atoms with van der Waals surface area (Å²) in [6, 6.07) is -0.550. The largest absolute Gasteiger partial charge is 0.479 e. The van der Waals surface area contributed by atoms with Gasteiger partial charge in [-0.1, -0.05) is 0 Å². The number of aliphatic carboxylic acids is 1. The summed E-state index contributed by atoms with van der Waals surface area (Å²) in [7, 11) is 0. The average Bonchev–Trinajstić information content (AvgIpc) is 2.29. The topological polar surface area (TPSA) is 108 Å². The Bertz CT molecular complexity index is 333. The lowest BCUT2D eigenvalue weighted by Gasteiger charge is -2.29. The Morgan fingerprint density at radius 2 is 2.17 bits per heavy atom. The number of urea groups is 1. The fraction of sp³-hybridized carbons (Fsp3) is 0.700. The van der Waals surface area contributed by atoms with Gasteiger partial charge in [0.1, 0.15) is 0 Å². The molecule has 0 aliphatic carbocycles. The Hall–Kier alpha value is -1.67. The van der Waals surface area contributed by atoms with E-state index in [0.29, 0.717) is 13.1 Å². The number of nitrogens with one attached hydrogen (secondary N) is 2. The van der Waals surface area contributed by atoms with E-state index in [-0.39, 0.29) is 19.7 Å². The van der Waals surface area contributed by atoms with Gasteiger partial charge in [-0.2, -0.15) is 0 Å². The first-order chi connectivity index (χ1) is 8.52. The van der Waals surface area contributed by atoms with Gasteiger partial charge < -0.3 is 15.2 Å². The number of carbonyl (C=O) groups is 3. The van der Waals surface area contributed by atoms with Gasteiger partial charge in [-0.3, -0.25) is 15.0 Å². The van der Waals surface area contributed by atoms with Crippen LogP contribution in [0.4, 0.5) is 4.79 Å². The van der Waals surface area contributed by atoms with E-state index in [1.54, 1.807) is 11.8 Å². The zero-order valence-corrected chi connectivity index (χ0v) is 10.1. The molecule has 0 aromatic rings. The second-order valence-electron chi connectivity index (χ2n) is 3.84. The van der Waals surface area contributed by atoms with Crippen molar-refractivity contribution < 1.29 is 24.2 Å². The van der Waals surface area contributed by atoms with Crippen molar-refractivity contribution in [2.24, 2.45) is 0 Å². The summed E-state index contributed by atoms with van der Waals surface area (Å²) < 4.78 is 5.02. The third-order valence-corrected chi connectivity index (χ3v) is 2.38. The van der Waals surface area contributed by atoms with Gasteiger partial charge >= 0.3 is 12.0 Å². The number of rotatable bonds is 4. The van der Waals surface area contributed by atoms with Crippen LogP contribution in [0.5, 0.6) is 0 Å². The molecule has 1 unspecified atom stereocenters. The number of hydrogen-bond donors (Lipinski definition) is 3. The number of nitrogens with zero attached hydrogens (tertiary/aromatic N) is 1. The minimum atomic E-state index is -1.05. The zero-order chi connectivity index (χ0) is 13.5. The quantitative estimate of drug-likeness (QED) is 0.574. The van der Waals surface area contributed by atoms with E-state index < -0.39 is 24.0 Å². The second kappa shape index (κ2) is 6.92. The van der Waals surface area contributed by atoms with Gasteiger partial charge in [-0.25, -0.2) is 9.59 Å². The van der Waals surface area contributed by atoms with E-state index in [4.69, 9.17) is 9.84 Å². The molecule has 3 N–H and O–H groups in total. The molecule has 1 aliphatic rings. The van der Waals surface area contributed by atoms with Crippen molar-refractivity contribution in [1.82, 2.24) is 15.5 Å². The van der Waals surface area contributed by atoms with E-state index in [9.17, 15) is 14.4 Å². The first-order valence-corrected chi connectivity index (χ1v) is 5.67. The fourth-order valence-electron chi connectivity index (χ4n) is 1.57. The highest BCUT2D eigenvalue weighted by Crippen LogP contribution is 2.04. The summed E-state index contributed by atoms with van der Waals surface area (Å²) in [6.07, 6.45) is -0.920. The van der Waals surface area contributed by atoms with Crippen molar-refractivity contribution >= 4 is 17.9 Å². The lowest BCUT2D eigenvalue weighted by atomic mass is 10.2. The molecule has 0 spiro atoms. The number of ether oxygens (including phenoxy) is 1. The van der Waals surface area contributed by atoms with Crippen molar-refractivity contribution in [2.75, 3.05) is 32.8 Å². The van der Waals surface area contributed by atoms with Crippen molar-refractivity contribution in [1.29, 1.82) is 0 Å². The molecule has 0 bridgehead atoms. The Morgan fingerprint density at radius 3 is 2.78 bits per heavy atom. The molecule has 1 fully saturated rings. The summed E-state index contributed by atoms with van der Waals surface area (Å²) in [4.78, 5) is 34.9. The van der Waals surface area contributed by atoms with E-state index in [2.05, 4.69) is 10.6 Å². The number of imide groups is 1. The van der Waals surface area contributed by atoms with Gasteiger partial charge in [-0.15, -0.1) is 0 Å². The Balaban J connectivity index is 2.35. The molecule has 8 nitrogen and oxygen atoms in total. The average molecular weight is 259 g/mol. The summed E-state index contributed by atoms with van der Waals surface area (Å²) >= 11 is 0. The molecule has 0 saturated carbocycles. The first-order valence-electron chi connectivity index (χ1n) is 5.67. The number of amides is 3. The Morgan fingerprint density at radius 1 is 1.44 bits per heavy atom. The van der Waals surface area contributed by atoms with Crippen LogP contribution in [-0.2, 0) is 14.3 Å². The highest BCUT2D eigenvalue weighted by atomic mass is 16.5. The van der Waals surface area contributed by atoms with Gasteiger partial charge in [0.25, 0.3) is 0 Å². The third kappa shape index (κ3) is 4.68. The molecule has 1 atom stereocenters. The minimum Gasteiger partial charge on any atom is -0.479 e. The van der Waals surface area contributed by atoms with Gasteiger partial charge in [0.05, 0.1) is 13.2 Å². The van der Waals surface area contributed by atoms with Crippen molar-refractivity contribution in [2.45, 2.75) is 13.0 Å². The molecule has 3 amide bonds. The molecule has 0 aromatic heterocycles. The van der Waals surface area contributed by atoms with Crippen LogP contribution in [0.2, 0.25) is 0 Å². The maximum atomic E-state index is 11.5. The van der Waals surface area contributed by atoms with Crippen LogP contribution < -0.4 is 10.6 Å². The first kappa shape index (κ1) is 14.4. The molecule has 1 aliphatic heterocycles. The lowest BCUT2D eigenvalue weighted by molar-refractivity contribution is -0.156. The third-order valence-electron chi connectivity index (χ3n) is 2.38. The summed E-state index contributed by atoms with van der Waals surface area (Å²) in [5.41, 5.74) is 0. The zero-order valence-electron chi connectivity index (χ0n) is 10.1. The maximum Gasteiger partial charge on any atom is 0.334 e. The molecule has 8 heteroatoms. The highest BCUT2D eigenvalue weighted by Gasteiger charge is 2.27. The standard InChI is InChI=1S/C10H17N3O5/c1-2-11-10(17)12-8(14)6-13-3-4-18-7(5-13)9(15)16/h7H,2-6H2,1H3,(H,15,16)(H2,11,12,14,17). The maximum absolute atomic E-state index is 11.5. The number of carbonyl (C=O) groups excluding carboxylic acids is 2. The fourth-order valence-corrected chi connectivity index (χ4v) is 1.57. The van der Waals surface area contributed by atoms with Crippen molar-refractivity contribution in [3.05, 3.63) is 0 Å². The number of hydrogen-bond acceptors (Lipinski definition) is 5. The van der Waals surface area contributed by atoms with Crippen LogP contribution in [0.25, 0.3) is 0 Å². The van der Waals surface area contributed by atoms with Crippen LogP contribution in [0, 0.1) is 0 Å². The predicted octanol–water partition coefficient (Wildman–Crippen LogP) is -1.38. The molecule has 0 aromatic carbocycles. The smallest absolute Gasteiger partial charge is 0.334 e. The van der Waals surface area contributed by atoms with Crippen molar-refractivity contribution in [3.8, 4) is 0 Å². The molecular weight excluding hydrogens is 242 g/mol. The summed E-state index contributed by atoms with van der Waals surface area (Å²) in [6.45, 7) is 3.00. The number of morpholine rings is 1. The van der Waals surface area contributed by atoms with Gasteiger partial charge in [0.2, 0.25) is 5.91 Å². The van der Waals surface area contributed by atoms with Crippen LogP contribution in [0.1, 0.15) is 6.92 Å². The summed E-state index contributed by atoms with van der Waals surface area (Å²) in [5, 5.41) is 13.4. The van der Waals surface area contributed by atoms with Crippen LogP contribution in [0.3, 0.4) is 0 Å². The lowest BCUT2D eigenvalue weighted by Crippen LogP contribution is -2.51. The molecule has 1 rings (SSSR count). The van der Waals surface area contributed by atoms with E-state index in [1.165, 1.54) is 0 Å². The number of carboxylic acids is 1. The van der Waals surface area contributed by atoms with Gasteiger partial charge in [0, 0.05) is 19.6 Å². The normalized spacial score (nSPS) is 20.2. The molecule has 1 heterocycles. The summed E-state index contributed by atoms with van der Waals surface area (Å²) in [5.74, 6) is -1.52. The molecule has 1 saturated heterocycles. The molecular formula is C10H17N3O5. The van der Waals surface area contributed by atoms with Gasteiger partial charge in [-0.05, 0) is 6.92 Å². The Kier molecular flexibility index (Phi) is 5.53. The monoisotopic (exact) mass is 259 g/mol. The SMILES string of the molecule is CCNC(=O)NC(=O)CN1CCOC(C(=O)O)C1. The van der Waals surface area contributed by atoms with Crippen LogP contribution in [-0.4, -0.2) is 66.8 Å². The van der Waals surface area contributed by atoms with Gasteiger partial charge in [0.15, 0.2) is 6.10 Å². The highest BCUT2D eigenvalue weighted by molar-refractivity contribution is 5.95. The van der Waals surface area contributed by atoms with E-state index >= 15 is 0 Å². The van der Waals surface area contributed by atoms with Crippen LogP contribution >= 0.6 is 0 Å². The molecule has 18 heavy (non-hydrogen) atoms. The second-order valence-corrected chi connectivity index (χ2v) is 3.84. The van der Waals surface area contributed by atoms with E-state index in [0.717, 1.165) is 0 Å². The minimum absolute atomic E-state index is 0.0235. The predicted molar refractivity (Wildman–Crippen MR) is 61.0 cm³/mol. The van der Waals surface area contributed by atoms with Crippen molar-refractivity contribution in [3.63, 3.8) is 0 Å².